The molecule has 0 rings (SSSR count). The predicted octanol–water partition coefficient (Wildman–Crippen LogP) is 2.68. The van der Waals surface area contributed by atoms with Crippen LogP contribution in [0.1, 0.15) is 6.42 Å². The highest BCUT2D eigenvalue weighted by atomic mass is 15.2. The lowest BCUT2D eigenvalue weighted by Gasteiger charge is -2.02. The molecule has 0 N–H and O–H groups in total. The molecule has 13 heavy (non-hydrogen) atoms. The summed E-state index contributed by atoms with van der Waals surface area (Å²) in [5.41, 5.74) is 24.1. The molecule has 0 spiro atoms. The lowest BCUT2D eigenvalue weighted by Crippen LogP contribution is -2.08. The SMILES string of the molecule is [N-]=[N+]=NCCC(CN=[N+]=[N-])N=[N+]=[N-]. The van der Waals surface area contributed by atoms with Gasteiger partial charge < -0.3 is 0 Å². The maximum absolute atomic E-state index is 8.11. The van der Waals surface area contributed by atoms with E-state index < -0.39 is 6.04 Å². The zero-order valence-electron chi connectivity index (χ0n) is 6.72. The second kappa shape index (κ2) is 8.03. The first-order valence-corrected chi connectivity index (χ1v) is 3.41. The molecular formula is C4H7N9. The van der Waals surface area contributed by atoms with Gasteiger partial charge in [-0.05, 0) is 23.0 Å². The molecule has 1 unspecified atom stereocenters. The lowest BCUT2D eigenvalue weighted by atomic mass is 10.2. The topological polar surface area (TPSA) is 146 Å². The fourth-order valence-corrected chi connectivity index (χ4v) is 0.641. The number of hydrogen-bond acceptors (Lipinski definition) is 3. The van der Waals surface area contributed by atoms with Gasteiger partial charge in [0.2, 0.25) is 0 Å². The van der Waals surface area contributed by atoms with E-state index >= 15 is 0 Å². The van der Waals surface area contributed by atoms with Gasteiger partial charge in [-0.25, -0.2) is 0 Å². The molecule has 0 amide bonds. The van der Waals surface area contributed by atoms with Crippen molar-refractivity contribution in [2.24, 2.45) is 15.3 Å². The number of azide groups is 3. The minimum absolute atomic E-state index is 0.0848. The molecule has 9 nitrogen and oxygen atoms in total. The van der Waals surface area contributed by atoms with Crippen molar-refractivity contribution >= 4 is 0 Å². The number of nitrogens with zero attached hydrogens (tertiary/aromatic N) is 9. The fraction of sp³-hybridized carbons (Fsp3) is 1.00. The van der Waals surface area contributed by atoms with Gasteiger partial charge >= 0.3 is 0 Å². The summed E-state index contributed by atoms with van der Waals surface area (Å²) >= 11 is 0. The van der Waals surface area contributed by atoms with E-state index in [1.807, 2.05) is 0 Å². The Labute approximate surface area is 73.2 Å². The van der Waals surface area contributed by atoms with E-state index in [2.05, 4.69) is 30.1 Å². The van der Waals surface area contributed by atoms with Crippen LogP contribution in [-0.4, -0.2) is 19.1 Å². The Morgan fingerprint density at radius 3 is 2.23 bits per heavy atom. The first-order chi connectivity index (χ1) is 6.35. The van der Waals surface area contributed by atoms with Crippen molar-refractivity contribution in [3.05, 3.63) is 31.3 Å². The Hall–Kier alpha value is -2.07. The van der Waals surface area contributed by atoms with Gasteiger partial charge in [0, 0.05) is 33.9 Å². The molecule has 0 bridgehead atoms. The van der Waals surface area contributed by atoms with Gasteiger partial charge in [0.1, 0.15) is 0 Å². The van der Waals surface area contributed by atoms with Gasteiger partial charge in [-0.3, -0.25) is 0 Å². The molecule has 1 atom stereocenters. The molecule has 0 aliphatic rings. The average Bonchev–Trinajstić information content (AvgIpc) is 2.14. The Bertz CT molecular complexity index is 276. The van der Waals surface area contributed by atoms with Crippen LogP contribution in [0, 0.1) is 0 Å². The van der Waals surface area contributed by atoms with Gasteiger partial charge in [-0.15, -0.1) is 0 Å². The zero-order chi connectivity index (χ0) is 9.94. The average molecular weight is 181 g/mol. The molecule has 0 aliphatic carbocycles. The standard InChI is InChI=1S/C4H7N9/c5-11-8-2-1-4(10-13-7)3-9-12-6/h4H,1-3H2. The van der Waals surface area contributed by atoms with Gasteiger partial charge in [-0.2, -0.15) is 0 Å². The molecule has 0 aromatic rings. The minimum atomic E-state index is -0.439. The van der Waals surface area contributed by atoms with Crippen molar-refractivity contribution in [1.82, 2.24) is 0 Å². The highest BCUT2D eigenvalue weighted by Gasteiger charge is 2.02. The highest BCUT2D eigenvalue weighted by molar-refractivity contribution is 4.71. The quantitative estimate of drug-likeness (QED) is 0.336. The maximum Gasteiger partial charge on any atom is 0.0431 e. The third-order valence-corrected chi connectivity index (χ3v) is 1.20. The Morgan fingerprint density at radius 1 is 1.00 bits per heavy atom. The van der Waals surface area contributed by atoms with E-state index in [4.69, 9.17) is 16.6 Å². The van der Waals surface area contributed by atoms with Gasteiger partial charge in [0.25, 0.3) is 0 Å². The summed E-state index contributed by atoms with van der Waals surface area (Å²) in [5, 5.41) is 9.88. The summed E-state index contributed by atoms with van der Waals surface area (Å²) < 4.78 is 0. The van der Waals surface area contributed by atoms with Crippen molar-refractivity contribution < 1.29 is 0 Å². The first-order valence-electron chi connectivity index (χ1n) is 3.41. The minimum Gasteiger partial charge on any atom is -0.0940 e. The molecule has 0 fully saturated rings. The van der Waals surface area contributed by atoms with Crippen LogP contribution in [0.15, 0.2) is 15.3 Å². The van der Waals surface area contributed by atoms with E-state index in [1.54, 1.807) is 0 Å². The van der Waals surface area contributed by atoms with Crippen LogP contribution in [0.5, 0.6) is 0 Å². The zero-order valence-corrected chi connectivity index (χ0v) is 6.72. The van der Waals surface area contributed by atoms with E-state index in [-0.39, 0.29) is 13.1 Å². The smallest absolute Gasteiger partial charge is 0.0431 e. The van der Waals surface area contributed by atoms with Crippen LogP contribution >= 0.6 is 0 Å². The van der Waals surface area contributed by atoms with E-state index in [1.165, 1.54) is 0 Å². The summed E-state index contributed by atoms with van der Waals surface area (Å²) in [6, 6.07) is -0.439. The third kappa shape index (κ3) is 6.33. The van der Waals surface area contributed by atoms with Crippen molar-refractivity contribution in [2.75, 3.05) is 13.1 Å². The van der Waals surface area contributed by atoms with Gasteiger partial charge in [0.05, 0.1) is 0 Å². The van der Waals surface area contributed by atoms with Crippen LogP contribution in [0.25, 0.3) is 31.3 Å². The molecule has 0 aromatic carbocycles. The van der Waals surface area contributed by atoms with Crippen molar-refractivity contribution in [1.29, 1.82) is 0 Å². The Kier molecular flexibility index (Phi) is 6.75. The van der Waals surface area contributed by atoms with E-state index in [0.717, 1.165) is 0 Å². The van der Waals surface area contributed by atoms with Crippen LogP contribution in [0.2, 0.25) is 0 Å². The molecule has 0 saturated heterocycles. The summed E-state index contributed by atoms with van der Waals surface area (Å²) in [4.78, 5) is 7.63. The molecule has 0 aromatic heterocycles. The molecule has 9 heteroatoms. The van der Waals surface area contributed by atoms with E-state index in [0.29, 0.717) is 6.42 Å². The fourth-order valence-electron chi connectivity index (χ4n) is 0.641. The monoisotopic (exact) mass is 181 g/mol. The second-order valence-corrected chi connectivity index (χ2v) is 2.02. The molecule has 68 valence electrons. The van der Waals surface area contributed by atoms with Crippen molar-refractivity contribution in [2.45, 2.75) is 12.5 Å². The van der Waals surface area contributed by atoms with Crippen molar-refractivity contribution in [3.63, 3.8) is 0 Å². The highest BCUT2D eigenvalue weighted by Crippen LogP contribution is 2.00. The second-order valence-electron chi connectivity index (χ2n) is 2.02. The van der Waals surface area contributed by atoms with Crippen LogP contribution in [0.4, 0.5) is 0 Å². The van der Waals surface area contributed by atoms with Crippen LogP contribution < -0.4 is 0 Å². The summed E-state index contributed by atoms with van der Waals surface area (Å²) in [6.07, 6.45) is 0.382. The molecule has 0 saturated carbocycles. The predicted molar refractivity (Wildman–Crippen MR) is 45.6 cm³/mol. The summed E-state index contributed by atoms with van der Waals surface area (Å²) in [6.45, 7) is 0.308. The third-order valence-electron chi connectivity index (χ3n) is 1.20. The first kappa shape index (κ1) is 10.9. The molecule has 0 radical (unpaired) electrons. The number of rotatable bonds is 6. The number of hydrogen-bond donors (Lipinski definition) is 0. The maximum atomic E-state index is 8.11. The largest absolute Gasteiger partial charge is 0.0940 e. The summed E-state index contributed by atoms with van der Waals surface area (Å²) in [7, 11) is 0. The van der Waals surface area contributed by atoms with Gasteiger partial charge in [0.15, 0.2) is 0 Å². The summed E-state index contributed by atoms with van der Waals surface area (Å²) in [5.74, 6) is 0. The van der Waals surface area contributed by atoms with Crippen LogP contribution in [-0.2, 0) is 0 Å². The molecule has 0 aliphatic heterocycles. The van der Waals surface area contributed by atoms with E-state index in [9.17, 15) is 0 Å². The Balaban J connectivity index is 4.00. The lowest BCUT2D eigenvalue weighted by molar-refractivity contribution is 0.625. The molecule has 0 heterocycles. The Morgan fingerprint density at radius 2 is 1.69 bits per heavy atom. The van der Waals surface area contributed by atoms with Gasteiger partial charge in [-0.1, -0.05) is 15.3 Å². The van der Waals surface area contributed by atoms with Crippen LogP contribution in [0.3, 0.4) is 0 Å². The normalized spacial score (nSPS) is 10.2. The molecular weight excluding hydrogens is 174 g/mol. The van der Waals surface area contributed by atoms with Crippen molar-refractivity contribution in [3.8, 4) is 0 Å².